The molecule has 1 atom stereocenters. The minimum atomic E-state index is -0.647. The molecule has 32 heavy (non-hydrogen) atoms. The van der Waals surface area contributed by atoms with Crippen LogP contribution in [-0.4, -0.2) is 59.9 Å². The van der Waals surface area contributed by atoms with Crippen LogP contribution in [0.1, 0.15) is 43.0 Å². The van der Waals surface area contributed by atoms with Crippen LogP contribution in [0.15, 0.2) is 54.1 Å². The summed E-state index contributed by atoms with van der Waals surface area (Å²) in [6.45, 7) is 9.37. The summed E-state index contributed by atoms with van der Waals surface area (Å²) in [5.74, 6) is -0.728. The molecule has 3 rings (SSSR count). The monoisotopic (exact) mass is 436 g/mol. The number of aliphatic hydroxyl groups excluding tert-OH is 1. The third-order valence-electron chi connectivity index (χ3n) is 6.06. The molecule has 0 aliphatic carbocycles. The third kappa shape index (κ3) is 4.86. The molecule has 0 spiro atoms. The summed E-state index contributed by atoms with van der Waals surface area (Å²) in [6.07, 6.45) is 0.750. The minimum Gasteiger partial charge on any atom is -0.507 e. The van der Waals surface area contributed by atoms with E-state index in [1.54, 1.807) is 36.3 Å². The molecule has 6 nitrogen and oxygen atoms in total. The first-order valence-corrected chi connectivity index (χ1v) is 11.1. The van der Waals surface area contributed by atoms with Gasteiger partial charge in [0.05, 0.1) is 18.7 Å². The number of aliphatic hydroxyl groups is 1. The number of aryl methyl sites for hydroxylation is 1. The Balaban J connectivity index is 2.01. The van der Waals surface area contributed by atoms with Crippen LogP contribution >= 0.6 is 0 Å². The van der Waals surface area contributed by atoms with Crippen LogP contribution in [0.5, 0.6) is 5.75 Å². The molecule has 0 unspecified atom stereocenters. The lowest BCUT2D eigenvalue weighted by molar-refractivity contribution is -0.140. The zero-order chi connectivity index (χ0) is 23.3. The Hall–Kier alpha value is -3.12. The lowest BCUT2D eigenvalue weighted by Crippen LogP contribution is -2.33. The number of rotatable bonds is 9. The number of carbonyl (C=O) groups excluding carboxylic acids is 2. The molecule has 0 radical (unpaired) electrons. The van der Waals surface area contributed by atoms with Crippen molar-refractivity contribution in [3.05, 3.63) is 70.8 Å². The Kier molecular flexibility index (Phi) is 7.70. The molecule has 1 N–H and O–H groups in total. The molecule has 6 heteroatoms. The smallest absolute Gasteiger partial charge is 0.295 e. The topological polar surface area (TPSA) is 70.1 Å². The van der Waals surface area contributed by atoms with E-state index in [9.17, 15) is 14.7 Å². The molecule has 0 bridgehead atoms. The average Bonchev–Trinajstić information content (AvgIpc) is 3.07. The Morgan fingerprint density at radius 2 is 1.66 bits per heavy atom. The Morgan fingerprint density at radius 3 is 2.22 bits per heavy atom. The number of likely N-dealkylation sites (tertiary alicyclic amines) is 1. The summed E-state index contributed by atoms with van der Waals surface area (Å²) in [5.41, 5.74) is 2.51. The van der Waals surface area contributed by atoms with Gasteiger partial charge in [-0.05, 0) is 62.8 Å². The van der Waals surface area contributed by atoms with E-state index in [0.717, 1.165) is 37.2 Å². The first-order valence-electron chi connectivity index (χ1n) is 11.1. The number of Topliss-reactive ketones (excluding diaryl/α,β-unsaturated/α-hetero) is 1. The number of ether oxygens (including phenoxy) is 1. The van der Waals surface area contributed by atoms with E-state index in [2.05, 4.69) is 18.7 Å². The van der Waals surface area contributed by atoms with E-state index in [1.807, 2.05) is 31.2 Å². The van der Waals surface area contributed by atoms with Crippen LogP contribution in [0.4, 0.5) is 0 Å². The highest BCUT2D eigenvalue weighted by molar-refractivity contribution is 6.46. The minimum absolute atomic E-state index is 0.131. The standard InChI is InChI=1S/C26H32N2O4/c1-5-27(6-2)16-7-17-28-23(19-10-8-18(3)9-11-19)22(25(30)26(28)31)24(29)20-12-14-21(32-4)15-13-20/h8-15,23,29H,5-7,16-17H2,1-4H3/t23-/m0/s1. The number of methoxy groups -OCH3 is 1. The third-order valence-corrected chi connectivity index (χ3v) is 6.06. The Bertz CT molecular complexity index is 976. The largest absolute Gasteiger partial charge is 0.507 e. The molecule has 1 heterocycles. The van der Waals surface area contributed by atoms with E-state index >= 15 is 0 Å². The van der Waals surface area contributed by atoms with Crippen molar-refractivity contribution in [2.24, 2.45) is 0 Å². The van der Waals surface area contributed by atoms with Crippen molar-refractivity contribution >= 4 is 17.4 Å². The Morgan fingerprint density at radius 1 is 1.03 bits per heavy atom. The predicted molar refractivity (Wildman–Crippen MR) is 126 cm³/mol. The van der Waals surface area contributed by atoms with Gasteiger partial charge in [0, 0.05) is 12.1 Å². The van der Waals surface area contributed by atoms with Crippen LogP contribution in [-0.2, 0) is 9.59 Å². The van der Waals surface area contributed by atoms with Crippen molar-refractivity contribution < 1.29 is 19.4 Å². The first kappa shape index (κ1) is 23.5. The number of ketones is 1. The van der Waals surface area contributed by atoms with Gasteiger partial charge in [-0.2, -0.15) is 0 Å². The predicted octanol–water partition coefficient (Wildman–Crippen LogP) is 4.16. The van der Waals surface area contributed by atoms with Gasteiger partial charge in [0.2, 0.25) is 0 Å². The molecule has 1 saturated heterocycles. The molecule has 170 valence electrons. The molecule has 2 aromatic carbocycles. The van der Waals surface area contributed by atoms with Crippen molar-refractivity contribution in [1.82, 2.24) is 9.80 Å². The summed E-state index contributed by atoms with van der Waals surface area (Å²) in [5, 5.41) is 11.1. The molecule has 1 fully saturated rings. The van der Waals surface area contributed by atoms with Crippen molar-refractivity contribution in [2.75, 3.05) is 33.3 Å². The number of amides is 1. The first-order chi connectivity index (χ1) is 15.4. The van der Waals surface area contributed by atoms with Crippen molar-refractivity contribution in [3.8, 4) is 5.75 Å². The lowest BCUT2D eigenvalue weighted by atomic mass is 9.94. The van der Waals surface area contributed by atoms with E-state index in [1.165, 1.54) is 0 Å². The second-order valence-electron chi connectivity index (χ2n) is 8.01. The van der Waals surface area contributed by atoms with Gasteiger partial charge >= 0.3 is 0 Å². The molecule has 0 saturated carbocycles. The van der Waals surface area contributed by atoms with E-state index in [-0.39, 0.29) is 11.3 Å². The maximum absolute atomic E-state index is 13.1. The van der Waals surface area contributed by atoms with Gasteiger partial charge in [0.25, 0.3) is 11.7 Å². The molecule has 1 aliphatic heterocycles. The van der Waals surface area contributed by atoms with Crippen LogP contribution in [0.2, 0.25) is 0 Å². The highest BCUT2D eigenvalue weighted by Crippen LogP contribution is 2.39. The number of hydrogen-bond donors (Lipinski definition) is 1. The van der Waals surface area contributed by atoms with E-state index in [4.69, 9.17) is 4.74 Å². The number of hydrogen-bond acceptors (Lipinski definition) is 5. The summed E-state index contributed by atoms with van der Waals surface area (Å²) in [6, 6.07) is 14.0. The summed E-state index contributed by atoms with van der Waals surface area (Å²) in [7, 11) is 1.57. The highest BCUT2D eigenvalue weighted by atomic mass is 16.5. The Labute approximate surface area is 190 Å². The highest BCUT2D eigenvalue weighted by Gasteiger charge is 2.45. The second-order valence-corrected chi connectivity index (χ2v) is 8.01. The fraction of sp³-hybridized carbons (Fsp3) is 0.385. The van der Waals surface area contributed by atoms with Gasteiger partial charge in [-0.25, -0.2) is 0 Å². The van der Waals surface area contributed by atoms with Crippen LogP contribution < -0.4 is 4.74 Å². The molecule has 2 aromatic rings. The molecular formula is C26H32N2O4. The summed E-state index contributed by atoms with van der Waals surface area (Å²) < 4.78 is 5.18. The normalized spacial score (nSPS) is 17.9. The van der Waals surface area contributed by atoms with Gasteiger partial charge in [0.15, 0.2) is 0 Å². The number of benzene rings is 2. The quantitative estimate of drug-likeness (QED) is 0.363. The number of carbonyl (C=O) groups is 2. The van der Waals surface area contributed by atoms with Crippen molar-refractivity contribution in [3.63, 3.8) is 0 Å². The fourth-order valence-electron chi connectivity index (χ4n) is 4.11. The van der Waals surface area contributed by atoms with Gasteiger partial charge in [-0.3, -0.25) is 9.59 Å². The van der Waals surface area contributed by atoms with Gasteiger partial charge < -0.3 is 19.6 Å². The molecule has 1 amide bonds. The summed E-state index contributed by atoms with van der Waals surface area (Å²) in [4.78, 5) is 30.0. The van der Waals surface area contributed by atoms with Gasteiger partial charge in [-0.1, -0.05) is 43.7 Å². The van der Waals surface area contributed by atoms with Crippen molar-refractivity contribution in [2.45, 2.75) is 33.2 Å². The van der Waals surface area contributed by atoms with Crippen LogP contribution in [0.25, 0.3) is 5.76 Å². The second kappa shape index (κ2) is 10.5. The average molecular weight is 437 g/mol. The number of nitrogens with zero attached hydrogens (tertiary/aromatic N) is 2. The van der Waals surface area contributed by atoms with Crippen LogP contribution in [0, 0.1) is 6.92 Å². The lowest BCUT2D eigenvalue weighted by Gasteiger charge is -2.27. The molecular weight excluding hydrogens is 404 g/mol. The van der Waals surface area contributed by atoms with Crippen molar-refractivity contribution in [1.29, 1.82) is 0 Å². The van der Waals surface area contributed by atoms with Gasteiger partial charge in [0.1, 0.15) is 11.5 Å². The molecule has 0 aromatic heterocycles. The zero-order valence-electron chi connectivity index (χ0n) is 19.3. The zero-order valence-corrected chi connectivity index (χ0v) is 19.3. The fourth-order valence-corrected chi connectivity index (χ4v) is 4.11. The summed E-state index contributed by atoms with van der Waals surface area (Å²) >= 11 is 0. The van der Waals surface area contributed by atoms with Gasteiger partial charge in [-0.15, -0.1) is 0 Å². The van der Waals surface area contributed by atoms with E-state index in [0.29, 0.717) is 17.9 Å². The molecule has 1 aliphatic rings. The SMILES string of the molecule is CCN(CC)CCCN1C(=O)C(=O)C(=C(O)c2ccc(OC)cc2)[C@@H]1c1ccc(C)cc1. The van der Waals surface area contributed by atoms with Crippen LogP contribution in [0.3, 0.4) is 0 Å². The maximum atomic E-state index is 13.1. The van der Waals surface area contributed by atoms with E-state index < -0.39 is 17.7 Å². The maximum Gasteiger partial charge on any atom is 0.295 e.